The van der Waals surface area contributed by atoms with Gasteiger partial charge in [-0.25, -0.2) is 0 Å². The van der Waals surface area contributed by atoms with Crippen LogP contribution in [-0.2, 0) is 16.0 Å². The smallest absolute Gasteiger partial charge is 0.297 e. The molecule has 1 N–H and O–H groups in total. The van der Waals surface area contributed by atoms with Crippen LogP contribution in [0.1, 0.15) is 6.92 Å². The molecule has 0 aromatic heterocycles. The minimum atomic E-state index is -1.37. The van der Waals surface area contributed by atoms with Crippen LogP contribution in [-0.4, -0.2) is 21.1 Å². The quantitative estimate of drug-likeness (QED) is 0.381. The number of hydrogen-bond acceptors (Lipinski definition) is 4. The molecular weight excluding hydrogens is 256 g/mol. The number of nitrogens with one attached hydrogen (secondary N) is 1. The number of hydrogen-bond donors (Lipinski definition) is 1. The molecule has 1 aromatic carbocycles. The van der Waals surface area contributed by atoms with E-state index in [-0.39, 0.29) is 17.1 Å². The summed E-state index contributed by atoms with van der Waals surface area (Å²) < 4.78 is 11.7. The van der Waals surface area contributed by atoms with Crippen LogP contribution in [0.4, 0.5) is 11.4 Å². The van der Waals surface area contributed by atoms with Gasteiger partial charge in [0.25, 0.3) is 5.69 Å². The first kappa shape index (κ1) is 14.2. The van der Waals surface area contributed by atoms with Gasteiger partial charge in [0.05, 0.1) is 11.0 Å². The Kier molecular flexibility index (Phi) is 4.87. The summed E-state index contributed by atoms with van der Waals surface area (Å²) in [4.78, 5) is 21.5. The Balaban J connectivity index is 3.14. The molecule has 1 rings (SSSR count). The van der Waals surface area contributed by atoms with Crippen molar-refractivity contribution in [1.29, 1.82) is 0 Å². The molecule has 6 nitrogen and oxygen atoms in total. The molecule has 1 aromatic rings. The minimum absolute atomic E-state index is 0.0897. The SMILES string of the molecule is C=CC[S+]([O-])c1ccc(NC(C)=O)c([N+](=O)[O-])c1. The molecule has 0 aliphatic heterocycles. The Bertz CT molecular complexity index is 490. The van der Waals surface area contributed by atoms with Gasteiger partial charge in [-0.3, -0.25) is 14.9 Å². The zero-order valence-electron chi connectivity index (χ0n) is 9.71. The summed E-state index contributed by atoms with van der Waals surface area (Å²) in [5.41, 5.74) is -0.188. The summed E-state index contributed by atoms with van der Waals surface area (Å²) in [6.45, 7) is 4.71. The molecule has 18 heavy (non-hydrogen) atoms. The topological polar surface area (TPSA) is 95.3 Å². The number of rotatable bonds is 5. The van der Waals surface area contributed by atoms with Gasteiger partial charge in [0.2, 0.25) is 5.91 Å². The molecule has 0 fully saturated rings. The van der Waals surface area contributed by atoms with E-state index in [0.717, 1.165) is 0 Å². The fraction of sp³-hybridized carbons (Fsp3) is 0.182. The molecule has 0 radical (unpaired) electrons. The van der Waals surface area contributed by atoms with E-state index in [1.807, 2.05) is 0 Å². The van der Waals surface area contributed by atoms with Crippen molar-refractivity contribution in [3.8, 4) is 0 Å². The standard InChI is InChI=1S/C11H12N2O4S/c1-3-6-18(17)9-4-5-10(12-8(2)14)11(7-9)13(15)16/h3-5,7H,1,6H2,2H3,(H,12,14). The highest BCUT2D eigenvalue weighted by atomic mass is 32.2. The lowest BCUT2D eigenvalue weighted by molar-refractivity contribution is -0.384. The van der Waals surface area contributed by atoms with Gasteiger partial charge < -0.3 is 9.87 Å². The number of amides is 1. The van der Waals surface area contributed by atoms with E-state index in [9.17, 15) is 19.5 Å². The van der Waals surface area contributed by atoms with Crippen LogP contribution < -0.4 is 5.32 Å². The van der Waals surface area contributed by atoms with Gasteiger partial charge >= 0.3 is 0 Å². The first-order valence-corrected chi connectivity index (χ1v) is 6.33. The van der Waals surface area contributed by atoms with Crippen LogP contribution in [0.5, 0.6) is 0 Å². The van der Waals surface area contributed by atoms with E-state index in [2.05, 4.69) is 11.9 Å². The first-order valence-electron chi connectivity index (χ1n) is 5.01. The van der Waals surface area contributed by atoms with E-state index in [4.69, 9.17) is 0 Å². The van der Waals surface area contributed by atoms with Crippen molar-refractivity contribution in [1.82, 2.24) is 0 Å². The highest BCUT2D eigenvalue weighted by Gasteiger charge is 2.20. The Morgan fingerprint density at radius 2 is 2.28 bits per heavy atom. The van der Waals surface area contributed by atoms with Crippen LogP contribution in [0, 0.1) is 10.1 Å². The van der Waals surface area contributed by atoms with Crippen molar-refractivity contribution < 1.29 is 14.3 Å². The lowest BCUT2D eigenvalue weighted by Crippen LogP contribution is -2.10. The van der Waals surface area contributed by atoms with Gasteiger partial charge in [0.1, 0.15) is 11.4 Å². The summed E-state index contributed by atoms with van der Waals surface area (Å²) in [6.07, 6.45) is 1.48. The molecule has 0 aliphatic carbocycles. The number of nitro groups is 1. The molecule has 0 saturated heterocycles. The fourth-order valence-electron chi connectivity index (χ4n) is 1.30. The normalized spacial score (nSPS) is 11.7. The number of nitro benzene ring substituents is 1. The third kappa shape index (κ3) is 3.57. The highest BCUT2D eigenvalue weighted by Crippen LogP contribution is 2.28. The van der Waals surface area contributed by atoms with Gasteiger partial charge in [0, 0.05) is 6.92 Å². The molecule has 1 unspecified atom stereocenters. The second-order valence-corrected chi connectivity index (χ2v) is 4.91. The monoisotopic (exact) mass is 268 g/mol. The molecule has 0 saturated carbocycles. The molecule has 0 spiro atoms. The number of nitrogens with zero attached hydrogens (tertiary/aromatic N) is 1. The number of benzene rings is 1. The maximum Gasteiger partial charge on any atom is 0.297 e. The van der Waals surface area contributed by atoms with Gasteiger partial charge in [-0.15, -0.1) is 0 Å². The molecular formula is C11H12N2O4S. The average Bonchev–Trinajstić information content (AvgIpc) is 2.28. The highest BCUT2D eigenvalue weighted by molar-refractivity contribution is 7.91. The van der Waals surface area contributed by atoms with Crippen molar-refractivity contribution >= 4 is 28.5 Å². The predicted octanol–water partition coefficient (Wildman–Crippen LogP) is 1.85. The zero-order chi connectivity index (χ0) is 13.7. The average molecular weight is 268 g/mol. The minimum Gasteiger partial charge on any atom is -0.611 e. The van der Waals surface area contributed by atoms with Gasteiger partial charge in [-0.05, 0) is 29.4 Å². The summed E-state index contributed by atoms with van der Waals surface area (Å²) in [5, 5.41) is 13.2. The van der Waals surface area contributed by atoms with E-state index in [0.29, 0.717) is 4.90 Å². The maximum atomic E-state index is 11.7. The van der Waals surface area contributed by atoms with E-state index in [1.54, 1.807) is 0 Å². The first-order chi connectivity index (χ1) is 8.45. The van der Waals surface area contributed by atoms with Crippen LogP contribution in [0.2, 0.25) is 0 Å². The second-order valence-electron chi connectivity index (χ2n) is 3.42. The molecule has 0 bridgehead atoms. The summed E-state index contributed by atoms with van der Waals surface area (Å²) in [7, 11) is 0. The number of carbonyl (C=O) groups is 1. The summed E-state index contributed by atoms with van der Waals surface area (Å²) in [6, 6.07) is 4.05. The van der Waals surface area contributed by atoms with Crippen molar-refractivity contribution in [2.45, 2.75) is 11.8 Å². The summed E-state index contributed by atoms with van der Waals surface area (Å²) in [5.74, 6) is -0.186. The number of carbonyl (C=O) groups excluding carboxylic acids is 1. The van der Waals surface area contributed by atoms with Crippen molar-refractivity contribution in [2.75, 3.05) is 11.1 Å². The predicted molar refractivity (Wildman–Crippen MR) is 68.9 cm³/mol. The zero-order valence-corrected chi connectivity index (χ0v) is 10.5. The molecule has 0 aliphatic rings. The van der Waals surface area contributed by atoms with Crippen molar-refractivity contribution in [3.63, 3.8) is 0 Å². The van der Waals surface area contributed by atoms with E-state index < -0.39 is 22.0 Å². The lowest BCUT2D eigenvalue weighted by atomic mass is 10.2. The molecule has 1 atom stereocenters. The number of anilines is 1. The molecule has 0 heterocycles. The van der Waals surface area contributed by atoms with Gasteiger partial charge in [-0.1, -0.05) is 6.58 Å². The summed E-state index contributed by atoms with van der Waals surface area (Å²) >= 11 is -1.37. The van der Waals surface area contributed by atoms with Crippen LogP contribution in [0.3, 0.4) is 0 Å². The van der Waals surface area contributed by atoms with Crippen LogP contribution >= 0.6 is 0 Å². The molecule has 96 valence electrons. The fourth-order valence-corrected chi connectivity index (χ4v) is 2.17. The van der Waals surface area contributed by atoms with E-state index >= 15 is 0 Å². The molecule has 7 heteroatoms. The van der Waals surface area contributed by atoms with Crippen LogP contribution in [0.15, 0.2) is 35.7 Å². The lowest BCUT2D eigenvalue weighted by Gasteiger charge is -2.09. The third-order valence-electron chi connectivity index (χ3n) is 2.01. The maximum absolute atomic E-state index is 11.7. The van der Waals surface area contributed by atoms with Crippen molar-refractivity contribution in [3.05, 3.63) is 41.0 Å². The van der Waals surface area contributed by atoms with Gasteiger partial charge in [-0.2, -0.15) is 0 Å². The van der Waals surface area contributed by atoms with Crippen molar-refractivity contribution in [2.24, 2.45) is 0 Å². The second kappa shape index (κ2) is 6.18. The Morgan fingerprint density at radius 1 is 1.61 bits per heavy atom. The van der Waals surface area contributed by atoms with E-state index in [1.165, 1.54) is 31.2 Å². The third-order valence-corrected chi connectivity index (χ3v) is 3.33. The van der Waals surface area contributed by atoms with Crippen LogP contribution in [0.25, 0.3) is 0 Å². The Labute approximate surface area is 107 Å². The molecule has 1 amide bonds. The Hall–Kier alpha value is -1.86. The Morgan fingerprint density at radius 3 is 2.78 bits per heavy atom. The largest absolute Gasteiger partial charge is 0.611 e. The van der Waals surface area contributed by atoms with Gasteiger partial charge in [0.15, 0.2) is 4.90 Å².